The molecule has 2 nitrogen and oxygen atoms in total. The van der Waals surface area contributed by atoms with E-state index in [0.29, 0.717) is 5.95 Å². The highest BCUT2D eigenvalue weighted by atomic mass is 28.4. The molecule has 0 unspecified atom stereocenters. The van der Waals surface area contributed by atoms with Crippen molar-refractivity contribution >= 4 is 8.32 Å². The van der Waals surface area contributed by atoms with Crippen LogP contribution >= 0.6 is 0 Å². The van der Waals surface area contributed by atoms with E-state index < -0.39 is 8.32 Å². The normalized spacial score (nSPS) is 14.9. The molecule has 0 bridgehead atoms. The Morgan fingerprint density at radius 1 is 1.00 bits per heavy atom. The predicted octanol–water partition coefficient (Wildman–Crippen LogP) is 4.68. The second kappa shape index (κ2) is 4.82. The first-order valence-electron chi connectivity index (χ1n) is 5.93. The van der Waals surface area contributed by atoms with Gasteiger partial charge in [0.1, 0.15) is 5.60 Å². The highest BCUT2D eigenvalue weighted by Crippen LogP contribution is 2.38. The number of allylic oxidation sites excluding steroid dienone is 1. The maximum atomic E-state index is 6.11. The van der Waals surface area contributed by atoms with Crippen LogP contribution in [0.5, 0.6) is 0 Å². The van der Waals surface area contributed by atoms with Crippen molar-refractivity contribution in [1.82, 2.24) is 0 Å². The standard InChI is InChI=1S/C13H28O2Si/c1-10-11(14-12(2,3)4)15-16(8,9)13(5,6)7/h10H,1-9H3. The van der Waals surface area contributed by atoms with E-state index in [1.165, 1.54) is 0 Å². The molecule has 0 heterocycles. The lowest BCUT2D eigenvalue weighted by Crippen LogP contribution is -2.41. The molecular formula is C13H28O2Si. The van der Waals surface area contributed by atoms with Gasteiger partial charge >= 0.3 is 0 Å². The lowest BCUT2D eigenvalue weighted by molar-refractivity contribution is -0.0105. The van der Waals surface area contributed by atoms with Crippen molar-refractivity contribution in [1.29, 1.82) is 0 Å². The first-order valence-corrected chi connectivity index (χ1v) is 8.84. The van der Waals surface area contributed by atoms with E-state index in [2.05, 4.69) is 33.9 Å². The van der Waals surface area contributed by atoms with E-state index in [4.69, 9.17) is 9.16 Å². The zero-order valence-corrected chi connectivity index (χ0v) is 13.4. The molecule has 0 atom stereocenters. The average molecular weight is 244 g/mol. The van der Waals surface area contributed by atoms with Crippen LogP contribution in [-0.2, 0) is 9.16 Å². The minimum Gasteiger partial charge on any atom is -0.519 e. The molecule has 0 radical (unpaired) electrons. The number of rotatable bonds is 3. The van der Waals surface area contributed by atoms with Gasteiger partial charge in [-0.05, 0) is 51.9 Å². The zero-order chi connectivity index (χ0) is 13.2. The molecule has 0 N–H and O–H groups in total. The lowest BCUT2D eigenvalue weighted by Gasteiger charge is -2.38. The third kappa shape index (κ3) is 5.06. The van der Waals surface area contributed by atoms with Crippen LogP contribution in [0.3, 0.4) is 0 Å². The van der Waals surface area contributed by atoms with Crippen LogP contribution in [0.1, 0.15) is 48.5 Å². The second-order valence-corrected chi connectivity index (χ2v) is 11.4. The lowest BCUT2D eigenvalue weighted by atomic mass is 10.2. The van der Waals surface area contributed by atoms with Crippen molar-refractivity contribution < 1.29 is 9.16 Å². The van der Waals surface area contributed by atoms with E-state index in [1.807, 2.05) is 33.8 Å². The Labute approximate surface area is 102 Å². The SMILES string of the molecule is CC=C(OC(C)(C)C)O[Si](C)(C)C(C)(C)C. The van der Waals surface area contributed by atoms with Gasteiger partial charge in [-0.2, -0.15) is 0 Å². The summed E-state index contributed by atoms with van der Waals surface area (Å²) in [6, 6.07) is 0. The van der Waals surface area contributed by atoms with Crippen LogP contribution in [0.2, 0.25) is 18.1 Å². The van der Waals surface area contributed by atoms with Gasteiger partial charge in [-0.1, -0.05) is 20.8 Å². The summed E-state index contributed by atoms with van der Waals surface area (Å²) in [5.41, 5.74) is -0.204. The van der Waals surface area contributed by atoms with Crippen LogP contribution in [-0.4, -0.2) is 13.9 Å². The van der Waals surface area contributed by atoms with E-state index in [0.717, 1.165) is 0 Å². The van der Waals surface area contributed by atoms with E-state index in [1.54, 1.807) is 0 Å². The predicted molar refractivity (Wildman–Crippen MR) is 72.9 cm³/mol. The Morgan fingerprint density at radius 2 is 1.44 bits per heavy atom. The summed E-state index contributed by atoms with van der Waals surface area (Å²) in [5.74, 6) is 0.666. The van der Waals surface area contributed by atoms with Crippen LogP contribution in [0.15, 0.2) is 12.0 Å². The van der Waals surface area contributed by atoms with Gasteiger partial charge in [0, 0.05) is 0 Å². The van der Waals surface area contributed by atoms with Gasteiger partial charge in [-0.3, -0.25) is 0 Å². The molecule has 0 spiro atoms. The molecule has 96 valence electrons. The third-order valence-corrected chi connectivity index (χ3v) is 7.13. The monoisotopic (exact) mass is 244 g/mol. The summed E-state index contributed by atoms with van der Waals surface area (Å²) in [5, 5.41) is 0.197. The van der Waals surface area contributed by atoms with Gasteiger partial charge < -0.3 is 9.16 Å². The van der Waals surface area contributed by atoms with Gasteiger partial charge in [-0.15, -0.1) is 0 Å². The fourth-order valence-corrected chi connectivity index (χ4v) is 1.81. The Morgan fingerprint density at radius 3 is 1.69 bits per heavy atom. The summed E-state index contributed by atoms with van der Waals surface area (Å²) in [7, 11) is -1.78. The zero-order valence-electron chi connectivity index (χ0n) is 12.4. The molecule has 0 fully saturated rings. The van der Waals surface area contributed by atoms with Crippen molar-refractivity contribution in [2.75, 3.05) is 0 Å². The van der Waals surface area contributed by atoms with Crippen LogP contribution < -0.4 is 0 Å². The molecule has 0 amide bonds. The van der Waals surface area contributed by atoms with Crippen molar-refractivity contribution in [2.45, 2.75) is 72.2 Å². The summed E-state index contributed by atoms with van der Waals surface area (Å²) in [6.45, 7) is 19.2. The molecule has 0 aromatic heterocycles. The van der Waals surface area contributed by atoms with Gasteiger partial charge in [-0.25, -0.2) is 0 Å². The van der Waals surface area contributed by atoms with E-state index in [-0.39, 0.29) is 10.6 Å². The molecule has 0 aliphatic carbocycles. The minimum atomic E-state index is -1.78. The largest absolute Gasteiger partial charge is 0.519 e. The fraction of sp³-hybridized carbons (Fsp3) is 0.846. The maximum Gasteiger partial charge on any atom is 0.261 e. The van der Waals surface area contributed by atoms with Crippen molar-refractivity contribution in [2.24, 2.45) is 0 Å². The maximum absolute atomic E-state index is 6.11. The Balaban J connectivity index is 4.70. The molecule has 0 saturated heterocycles. The summed E-state index contributed by atoms with van der Waals surface area (Å²) < 4.78 is 11.9. The molecule has 0 aromatic rings. The van der Waals surface area contributed by atoms with Gasteiger partial charge in [0.15, 0.2) is 0 Å². The summed E-state index contributed by atoms with van der Waals surface area (Å²) >= 11 is 0. The van der Waals surface area contributed by atoms with Crippen LogP contribution in [0.4, 0.5) is 0 Å². The average Bonchev–Trinajstić information content (AvgIpc) is 1.97. The molecule has 16 heavy (non-hydrogen) atoms. The summed E-state index contributed by atoms with van der Waals surface area (Å²) in [4.78, 5) is 0. The Kier molecular flexibility index (Phi) is 4.69. The topological polar surface area (TPSA) is 18.5 Å². The highest BCUT2D eigenvalue weighted by molar-refractivity contribution is 6.74. The van der Waals surface area contributed by atoms with Gasteiger partial charge in [0.05, 0.1) is 0 Å². The minimum absolute atomic E-state index is 0.197. The van der Waals surface area contributed by atoms with Crippen molar-refractivity contribution in [3.63, 3.8) is 0 Å². The smallest absolute Gasteiger partial charge is 0.261 e. The molecule has 0 rings (SSSR count). The van der Waals surface area contributed by atoms with Crippen LogP contribution in [0.25, 0.3) is 0 Å². The third-order valence-electron chi connectivity index (χ3n) is 2.80. The number of ether oxygens (including phenoxy) is 1. The molecule has 3 heteroatoms. The molecule has 0 aromatic carbocycles. The molecule has 0 aliphatic rings. The van der Waals surface area contributed by atoms with Gasteiger partial charge in [0.2, 0.25) is 0 Å². The summed E-state index contributed by atoms with van der Waals surface area (Å²) in [6.07, 6.45) is 1.91. The molecular weight excluding hydrogens is 216 g/mol. The number of hydrogen-bond acceptors (Lipinski definition) is 2. The first-order chi connectivity index (χ1) is 6.89. The van der Waals surface area contributed by atoms with Crippen LogP contribution in [0, 0.1) is 0 Å². The van der Waals surface area contributed by atoms with E-state index in [9.17, 15) is 0 Å². The Hall–Kier alpha value is -0.443. The quantitative estimate of drug-likeness (QED) is 0.530. The van der Waals surface area contributed by atoms with E-state index >= 15 is 0 Å². The second-order valence-electron chi connectivity index (χ2n) is 6.68. The highest BCUT2D eigenvalue weighted by Gasteiger charge is 2.40. The van der Waals surface area contributed by atoms with Crippen molar-refractivity contribution in [3.8, 4) is 0 Å². The van der Waals surface area contributed by atoms with Crippen molar-refractivity contribution in [3.05, 3.63) is 12.0 Å². The first kappa shape index (κ1) is 15.6. The molecule has 0 aliphatic heterocycles. The Bertz CT molecular complexity index is 254. The van der Waals surface area contributed by atoms with Gasteiger partial charge in [0.25, 0.3) is 14.3 Å². The molecule has 0 saturated carbocycles. The number of hydrogen-bond donors (Lipinski definition) is 0. The fourth-order valence-electron chi connectivity index (χ4n) is 0.845.